The minimum atomic E-state index is -3.59. The number of aromatic nitrogens is 2. The molecule has 12 heteroatoms. The number of hydrogen-bond donors (Lipinski definition) is 1. The van der Waals surface area contributed by atoms with Crippen molar-refractivity contribution in [1.29, 1.82) is 0 Å². The largest absolute Gasteiger partial charge is 0.403 e. The van der Waals surface area contributed by atoms with Gasteiger partial charge in [0.15, 0.2) is 9.84 Å². The number of nitrogens with one attached hydrogen (secondary N) is 1. The molecular weight excluding hydrogens is 468 g/mol. The quantitative estimate of drug-likeness (QED) is 0.556. The van der Waals surface area contributed by atoms with E-state index in [1.165, 1.54) is 40.7 Å². The number of piperidine rings is 1. The van der Waals surface area contributed by atoms with Gasteiger partial charge in [-0.1, -0.05) is 17.6 Å². The molecule has 0 spiro atoms. The number of sulfone groups is 1. The maximum absolute atomic E-state index is 12.7. The van der Waals surface area contributed by atoms with E-state index >= 15 is 0 Å². The number of nitrogens with zero attached hydrogens (tertiary/aromatic N) is 3. The number of carbonyl (C=O) groups is 1. The Hall–Kier alpha value is -3.09. The van der Waals surface area contributed by atoms with E-state index < -0.39 is 25.8 Å². The molecule has 0 bridgehead atoms. The molecule has 1 fully saturated rings. The Morgan fingerprint density at radius 1 is 0.939 bits per heavy atom. The molecule has 2 heterocycles. The van der Waals surface area contributed by atoms with Crippen LogP contribution in [0.1, 0.15) is 29.6 Å². The van der Waals surface area contributed by atoms with Crippen molar-refractivity contribution >= 4 is 31.8 Å². The summed E-state index contributed by atoms with van der Waals surface area (Å²) in [6.07, 6.45) is 3.79. The van der Waals surface area contributed by atoms with Crippen molar-refractivity contribution in [3.05, 3.63) is 54.1 Å². The minimum absolute atomic E-state index is 0.0405. The molecular formula is C21H22N4O6S2. The molecule has 0 radical (unpaired) electrons. The van der Waals surface area contributed by atoms with Crippen LogP contribution in [0, 0.1) is 0 Å². The van der Waals surface area contributed by atoms with Crippen LogP contribution in [0.2, 0.25) is 0 Å². The van der Waals surface area contributed by atoms with E-state index in [9.17, 15) is 21.6 Å². The summed E-state index contributed by atoms with van der Waals surface area (Å²) in [5.74, 6) is -0.518. The molecule has 0 aliphatic carbocycles. The van der Waals surface area contributed by atoms with Crippen LogP contribution >= 0.6 is 0 Å². The van der Waals surface area contributed by atoms with Crippen molar-refractivity contribution in [2.24, 2.45) is 0 Å². The van der Waals surface area contributed by atoms with Crippen LogP contribution in [-0.4, -0.2) is 56.6 Å². The van der Waals surface area contributed by atoms with Crippen LogP contribution < -0.4 is 5.32 Å². The first-order valence-electron chi connectivity index (χ1n) is 10.2. The van der Waals surface area contributed by atoms with Gasteiger partial charge >= 0.3 is 6.01 Å². The van der Waals surface area contributed by atoms with E-state index in [-0.39, 0.29) is 27.3 Å². The number of benzene rings is 2. The summed E-state index contributed by atoms with van der Waals surface area (Å²) in [5.41, 5.74) is 0.601. The normalized spacial score (nSPS) is 15.3. The molecule has 10 nitrogen and oxygen atoms in total. The maximum atomic E-state index is 12.7. The summed E-state index contributed by atoms with van der Waals surface area (Å²) in [6, 6.07) is 11.5. The minimum Gasteiger partial charge on any atom is -0.403 e. The van der Waals surface area contributed by atoms with E-state index in [0.29, 0.717) is 18.7 Å². The molecule has 3 aromatic rings. The van der Waals surface area contributed by atoms with Crippen molar-refractivity contribution in [3.8, 4) is 11.5 Å². The zero-order valence-electron chi connectivity index (χ0n) is 17.8. The topological polar surface area (TPSA) is 140 Å². The first-order valence-corrected chi connectivity index (χ1v) is 13.5. The number of anilines is 1. The molecule has 2 aromatic carbocycles. The van der Waals surface area contributed by atoms with Gasteiger partial charge in [0.1, 0.15) is 0 Å². The van der Waals surface area contributed by atoms with Crippen molar-refractivity contribution in [3.63, 3.8) is 0 Å². The highest BCUT2D eigenvalue weighted by molar-refractivity contribution is 7.90. The van der Waals surface area contributed by atoms with Gasteiger partial charge in [-0.15, -0.1) is 5.10 Å². The molecule has 1 aliphatic rings. The van der Waals surface area contributed by atoms with E-state index in [1.54, 1.807) is 12.1 Å². The van der Waals surface area contributed by atoms with Crippen LogP contribution in [0.3, 0.4) is 0 Å². The highest BCUT2D eigenvalue weighted by Gasteiger charge is 2.26. The Bertz CT molecular complexity index is 1380. The van der Waals surface area contributed by atoms with Crippen LogP contribution in [0.5, 0.6) is 0 Å². The molecule has 1 aliphatic heterocycles. The fraction of sp³-hybridized carbons (Fsp3) is 0.286. The maximum Gasteiger partial charge on any atom is 0.322 e. The second-order valence-corrected chi connectivity index (χ2v) is 11.6. The molecule has 0 saturated carbocycles. The SMILES string of the molecule is CS(=O)(=O)c1cccc(-c2nnc(NC(=O)c3ccc(S(=O)(=O)N4CCCCC4)cc3)o2)c1. The van der Waals surface area contributed by atoms with Gasteiger partial charge in [0.2, 0.25) is 15.9 Å². The number of amides is 1. The average molecular weight is 491 g/mol. The molecule has 0 unspecified atom stereocenters. The van der Waals surface area contributed by atoms with E-state index in [4.69, 9.17) is 4.42 Å². The summed E-state index contributed by atoms with van der Waals surface area (Å²) in [5, 5.41) is 10.1. The van der Waals surface area contributed by atoms with Crippen molar-refractivity contribution in [2.75, 3.05) is 24.7 Å². The Labute approximate surface area is 191 Å². The number of carbonyl (C=O) groups excluding carboxylic acids is 1. The van der Waals surface area contributed by atoms with Crippen LogP contribution in [0.15, 0.2) is 62.7 Å². The van der Waals surface area contributed by atoms with Crippen molar-refractivity contribution < 1.29 is 26.0 Å². The Balaban J connectivity index is 1.47. The second kappa shape index (κ2) is 9.04. The van der Waals surface area contributed by atoms with E-state index in [2.05, 4.69) is 15.5 Å². The molecule has 1 aromatic heterocycles. The smallest absolute Gasteiger partial charge is 0.322 e. The molecule has 1 saturated heterocycles. The predicted molar refractivity (Wildman–Crippen MR) is 120 cm³/mol. The third-order valence-electron chi connectivity index (χ3n) is 5.22. The van der Waals surface area contributed by atoms with Gasteiger partial charge in [0.05, 0.1) is 9.79 Å². The molecule has 4 rings (SSSR count). The fourth-order valence-electron chi connectivity index (χ4n) is 3.45. The number of hydrogen-bond acceptors (Lipinski definition) is 8. The molecule has 1 N–H and O–H groups in total. The average Bonchev–Trinajstić information content (AvgIpc) is 3.28. The van der Waals surface area contributed by atoms with Crippen LogP contribution in [0.4, 0.5) is 6.01 Å². The highest BCUT2D eigenvalue weighted by atomic mass is 32.2. The Morgan fingerprint density at radius 3 is 2.30 bits per heavy atom. The lowest BCUT2D eigenvalue weighted by Gasteiger charge is -2.25. The first kappa shape index (κ1) is 23.1. The van der Waals surface area contributed by atoms with Gasteiger partial charge in [-0.05, 0) is 55.3 Å². The first-order chi connectivity index (χ1) is 15.6. The molecule has 0 atom stereocenters. The van der Waals surface area contributed by atoms with Gasteiger partial charge in [-0.2, -0.15) is 4.31 Å². The number of sulfonamides is 1. The van der Waals surface area contributed by atoms with Gasteiger partial charge in [0.25, 0.3) is 5.91 Å². The van der Waals surface area contributed by atoms with Crippen molar-refractivity contribution in [2.45, 2.75) is 29.1 Å². The standard InChI is InChI=1S/C21H22N4O6S2/c1-32(27,28)18-7-5-6-16(14-18)20-23-24-21(31-20)22-19(26)15-8-10-17(11-9-15)33(29,30)25-12-3-2-4-13-25/h5-11,14H,2-4,12-13H2,1H3,(H,22,24,26). The van der Waals surface area contributed by atoms with Crippen LogP contribution in [-0.2, 0) is 19.9 Å². The lowest BCUT2D eigenvalue weighted by Crippen LogP contribution is -2.35. The van der Waals surface area contributed by atoms with Crippen molar-refractivity contribution in [1.82, 2.24) is 14.5 Å². The third kappa shape index (κ3) is 5.13. The fourth-order valence-corrected chi connectivity index (χ4v) is 5.64. The predicted octanol–water partition coefficient (Wildman–Crippen LogP) is 2.57. The molecule has 174 valence electrons. The lowest BCUT2D eigenvalue weighted by atomic mass is 10.2. The summed E-state index contributed by atoms with van der Waals surface area (Å²) in [7, 11) is -7.00. The highest BCUT2D eigenvalue weighted by Crippen LogP contribution is 2.24. The summed E-state index contributed by atoms with van der Waals surface area (Å²) in [4.78, 5) is 12.8. The van der Waals surface area contributed by atoms with Gasteiger partial charge in [0, 0.05) is 30.5 Å². The van der Waals surface area contributed by atoms with E-state index in [0.717, 1.165) is 25.5 Å². The third-order valence-corrected chi connectivity index (χ3v) is 8.25. The van der Waals surface area contributed by atoms with Gasteiger partial charge in [-0.3, -0.25) is 10.1 Å². The lowest BCUT2D eigenvalue weighted by molar-refractivity contribution is 0.102. The van der Waals surface area contributed by atoms with E-state index in [1.807, 2.05) is 0 Å². The number of rotatable bonds is 6. The van der Waals surface area contributed by atoms with Gasteiger partial charge in [-0.25, -0.2) is 16.8 Å². The zero-order valence-corrected chi connectivity index (χ0v) is 19.4. The monoisotopic (exact) mass is 490 g/mol. The Kier molecular flexibility index (Phi) is 6.32. The summed E-state index contributed by atoms with van der Waals surface area (Å²) < 4.78 is 55.8. The molecule has 33 heavy (non-hydrogen) atoms. The molecule has 1 amide bonds. The summed E-state index contributed by atoms with van der Waals surface area (Å²) in [6.45, 7) is 0.994. The van der Waals surface area contributed by atoms with Crippen LogP contribution in [0.25, 0.3) is 11.5 Å². The zero-order chi connectivity index (χ0) is 23.6. The summed E-state index contributed by atoms with van der Waals surface area (Å²) >= 11 is 0. The second-order valence-electron chi connectivity index (χ2n) is 7.66. The Morgan fingerprint density at radius 2 is 1.64 bits per heavy atom. The van der Waals surface area contributed by atoms with Gasteiger partial charge < -0.3 is 4.42 Å².